The van der Waals surface area contributed by atoms with Gasteiger partial charge in [0.1, 0.15) is 16.9 Å². The standard InChI is InChI=1S/C20H13N3O5/c21-9-12-4-1-2-7-13(12)10-5-3-6-11(8-10)14-15(19(25)26)17(22)23-18(24)16(14)20(27)28/h1-8H,(H,25,26)(H,27,28)(H3,22,23,24). The minimum atomic E-state index is -1.58. The third-order valence-corrected chi connectivity index (χ3v) is 4.18. The fourth-order valence-electron chi connectivity index (χ4n) is 3.01. The molecule has 3 aromatic rings. The Balaban J connectivity index is 2.37. The number of carboxylic acid groups (broad SMARTS) is 2. The van der Waals surface area contributed by atoms with E-state index in [1.54, 1.807) is 36.4 Å². The van der Waals surface area contributed by atoms with Gasteiger partial charge in [0.25, 0.3) is 5.56 Å². The van der Waals surface area contributed by atoms with Crippen LogP contribution in [-0.4, -0.2) is 27.1 Å². The van der Waals surface area contributed by atoms with Crippen LogP contribution in [0.3, 0.4) is 0 Å². The van der Waals surface area contributed by atoms with Crippen molar-refractivity contribution in [3.8, 4) is 28.3 Å². The van der Waals surface area contributed by atoms with Gasteiger partial charge < -0.3 is 20.9 Å². The molecule has 2 aromatic carbocycles. The Hall–Kier alpha value is -4.38. The third kappa shape index (κ3) is 3.08. The Kier molecular flexibility index (Phi) is 4.66. The van der Waals surface area contributed by atoms with Gasteiger partial charge in [-0.3, -0.25) is 4.79 Å². The van der Waals surface area contributed by atoms with Crippen molar-refractivity contribution < 1.29 is 19.8 Å². The maximum Gasteiger partial charge on any atom is 0.342 e. The molecule has 0 unspecified atom stereocenters. The van der Waals surface area contributed by atoms with E-state index >= 15 is 0 Å². The summed E-state index contributed by atoms with van der Waals surface area (Å²) >= 11 is 0. The maximum absolute atomic E-state index is 12.2. The zero-order valence-corrected chi connectivity index (χ0v) is 14.3. The van der Waals surface area contributed by atoms with Crippen LogP contribution in [-0.2, 0) is 0 Å². The highest BCUT2D eigenvalue weighted by molar-refractivity contribution is 6.07. The van der Waals surface area contributed by atoms with E-state index in [4.69, 9.17) is 5.73 Å². The van der Waals surface area contributed by atoms with Gasteiger partial charge in [-0.05, 0) is 28.8 Å². The topological polar surface area (TPSA) is 157 Å². The molecular weight excluding hydrogens is 362 g/mol. The average molecular weight is 375 g/mol. The summed E-state index contributed by atoms with van der Waals surface area (Å²) in [4.78, 5) is 37.6. The van der Waals surface area contributed by atoms with Crippen LogP contribution in [0.2, 0.25) is 0 Å². The van der Waals surface area contributed by atoms with Crippen molar-refractivity contribution in [3.63, 3.8) is 0 Å². The first-order valence-electron chi connectivity index (χ1n) is 7.97. The van der Waals surface area contributed by atoms with Gasteiger partial charge in [0.15, 0.2) is 0 Å². The molecular formula is C20H13N3O5. The van der Waals surface area contributed by atoms with Crippen molar-refractivity contribution in [1.29, 1.82) is 5.26 Å². The number of nitrogens with two attached hydrogens (primary N) is 1. The Morgan fingerprint density at radius 1 is 0.964 bits per heavy atom. The number of anilines is 1. The number of aromatic amines is 1. The number of hydrogen-bond acceptors (Lipinski definition) is 5. The second kappa shape index (κ2) is 7.09. The van der Waals surface area contributed by atoms with Crippen molar-refractivity contribution in [2.75, 3.05) is 5.73 Å². The summed E-state index contributed by atoms with van der Waals surface area (Å²) in [6, 6.07) is 15.1. The number of H-pyrrole nitrogens is 1. The lowest BCUT2D eigenvalue weighted by Gasteiger charge is -2.13. The number of aromatic nitrogens is 1. The van der Waals surface area contributed by atoms with E-state index in [9.17, 15) is 29.9 Å². The summed E-state index contributed by atoms with van der Waals surface area (Å²) in [5.41, 5.74) is 4.82. The van der Waals surface area contributed by atoms with E-state index in [1.807, 2.05) is 0 Å². The summed E-state index contributed by atoms with van der Waals surface area (Å²) in [5, 5.41) is 28.3. The number of carboxylic acids is 2. The number of aromatic carboxylic acids is 2. The summed E-state index contributed by atoms with van der Waals surface area (Å²) in [5.74, 6) is -3.50. The van der Waals surface area contributed by atoms with Crippen LogP contribution in [0, 0.1) is 11.3 Å². The number of carbonyl (C=O) groups is 2. The molecule has 0 fully saturated rings. The first-order chi connectivity index (χ1) is 13.3. The molecule has 3 rings (SSSR count). The molecule has 0 aliphatic carbocycles. The number of nitriles is 1. The van der Waals surface area contributed by atoms with Gasteiger partial charge in [0, 0.05) is 5.56 Å². The van der Waals surface area contributed by atoms with Crippen molar-refractivity contribution >= 4 is 17.8 Å². The van der Waals surface area contributed by atoms with Crippen LogP contribution in [0.25, 0.3) is 22.3 Å². The molecule has 0 aliphatic rings. The van der Waals surface area contributed by atoms with Gasteiger partial charge >= 0.3 is 11.9 Å². The van der Waals surface area contributed by atoms with Gasteiger partial charge in [-0.1, -0.05) is 36.4 Å². The lowest BCUT2D eigenvalue weighted by molar-refractivity contribution is 0.0695. The van der Waals surface area contributed by atoms with Gasteiger partial charge in [-0.2, -0.15) is 5.26 Å². The summed E-state index contributed by atoms with van der Waals surface area (Å²) in [6.07, 6.45) is 0. The van der Waals surface area contributed by atoms with E-state index in [2.05, 4.69) is 11.1 Å². The predicted molar refractivity (Wildman–Crippen MR) is 101 cm³/mol. The molecule has 5 N–H and O–H groups in total. The van der Waals surface area contributed by atoms with Gasteiger partial charge in [-0.25, -0.2) is 9.59 Å². The molecule has 0 aliphatic heterocycles. The Labute approximate surface area is 158 Å². The molecule has 138 valence electrons. The molecule has 0 spiro atoms. The van der Waals surface area contributed by atoms with Crippen LogP contribution in [0.15, 0.2) is 53.3 Å². The second-order valence-electron chi connectivity index (χ2n) is 5.84. The summed E-state index contributed by atoms with van der Waals surface area (Å²) in [6.45, 7) is 0. The minimum absolute atomic E-state index is 0.179. The predicted octanol–water partition coefficient (Wildman–Crippen LogP) is 2.56. The molecule has 0 radical (unpaired) electrons. The van der Waals surface area contributed by atoms with Crippen LogP contribution in [0.1, 0.15) is 26.3 Å². The van der Waals surface area contributed by atoms with Crippen LogP contribution in [0.5, 0.6) is 0 Å². The van der Waals surface area contributed by atoms with Crippen LogP contribution < -0.4 is 11.3 Å². The first-order valence-corrected chi connectivity index (χ1v) is 7.97. The maximum atomic E-state index is 12.2. The van der Waals surface area contributed by atoms with Crippen LogP contribution >= 0.6 is 0 Å². The Morgan fingerprint density at radius 3 is 2.25 bits per heavy atom. The molecule has 1 aromatic heterocycles. The second-order valence-corrected chi connectivity index (χ2v) is 5.84. The first kappa shape index (κ1) is 18.4. The Morgan fingerprint density at radius 2 is 1.61 bits per heavy atom. The summed E-state index contributed by atoms with van der Waals surface area (Å²) < 4.78 is 0. The number of rotatable bonds is 4. The molecule has 0 saturated heterocycles. The average Bonchev–Trinajstić information content (AvgIpc) is 2.66. The fraction of sp³-hybridized carbons (Fsp3) is 0. The molecule has 0 amide bonds. The molecule has 28 heavy (non-hydrogen) atoms. The van der Waals surface area contributed by atoms with E-state index in [0.29, 0.717) is 16.7 Å². The summed E-state index contributed by atoms with van der Waals surface area (Å²) in [7, 11) is 0. The molecule has 8 nitrogen and oxygen atoms in total. The highest BCUT2D eigenvalue weighted by Crippen LogP contribution is 2.33. The largest absolute Gasteiger partial charge is 0.478 e. The highest BCUT2D eigenvalue weighted by Gasteiger charge is 2.26. The van der Waals surface area contributed by atoms with Gasteiger partial charge in [-0.15, -0.1) is 0 Å². The number of nitrogens with one attached hydrogen (secondary N) is 1. The monoisotopic (exact) mass is 375 g/mol. The number of nitrogens with zero attached hydrogens (tertiary/aromatic N) is 1. The number of pyridine rings is 1. The molecule has 1 heterocycles. The zero-order valence-electron chi connectivity index (χ0n) is 14.3. The number of benzene rings is 2. The van der Waals surface area contributed by atoms with Crippen molar-refractivity contribution in [2.24, 2.45) is 0 Å². The molecule has 0 saturated carbocycles. The minimum Gasteiger partial charge on any atom is -0.478 e. The van der Waals surface area contributed by atoms with Crippen molar-refractivity contribution in [1.82, 2.24) is 4.98 Å². The SMILES string of the molecule is N#Cc1ccccc1-c1cccc(-c2c(C(=O)O)c(N)[nH]c(=O)c2C(=O)O)c1. The Bertz CT molecular complexity index is 1220. The molecule has 0 atom stereocenters. The smallest absolute Gasteiger partial charge is 0.342 e. The normalized spacial score (nSPS) is 10.2. The quantitative estimate of drug-likeness (QED) is 0.545. The third-order valence-electron chi connectivity index (χ3n) is 4.18. The van der Waals surface area contributed by atoms with Crippen molar-refractivity contribution in [2.45, 2.75) is 0 Å². The van der Waals surface area contributed by atoms with Gasteiger partial charge in [0.05, 0.1) is 11.6 Å². The lowest BCUT2D eigenvalue weighted by Crippen LogP contribution is -2.24. The lowest BCUT2D eigenvalue weighted by atomic mass is 9.92. The number of nitrogen functional groups attached to an aromatic ring is 1. The molecule has 0 bridgehead atoms. The van der Waals surface area contributed by atoms with E-state index in [0.717, 1.165) is 0 Å². The van der Waals surface area contributed by atoms with E-state index < -0.39 is 34.4 Å². The van der Waals surface area contributed by atoms with E-state index in [1.165, 1.54) is 12.1 Å². The number of hydrogen-bond donors (Lipinski definition) is 4. The van der Waals surface area contributed by atoms with E-state index in [-0.39, 0.29) is 11.1 Å². The molecule has 8 heteroatoms. The highest BCUT2D eigenvalue weighted by atomic mass is 16.4. The zero-order chi connectivity index (χ0) is 20.4. The van der Waals surface area contributed by atoms with Crippen LogP contribution in [0.4, 0.5) is 5.82 Å². The van der Waals surface area contributed by atoms with Gasteiger partial charge in [0.2, 0.25) is 0 Å². The van der Waals surface area contributed by atoms with Crippen molar-refractivity contribution in [3.05, 3.63) is 75.6 Å². The fourth-order valence-corrected chi connectivity index (χ4v) is 3.01.